The predicted molar refractivity (Wildman–Crippen MR) is 468 cm³/mol. The first-order chi connectivity index (χ1) is 61.6. The molecule has 44 nitrogen and oxygen atoms in total. The number of hydrogen-bond acceptors (Lipinski definition) is 34. The zero-order valence-electron chi connectivity index (χ0n) is 69.4. The summed E-state index contributed by atoms with van der Waals surface area (Å²) in [7, 11) is -6.73. The molecule has 4 unspecified atom stereocenters. The molecule has 52 heteroatoms. The van der Waals surface area contributed by atoms with Gasteiger partial charge < -0.3 is 72.0 Å². The summed E-state index contributed by atoms with van der Waals surface area (Å²) in [6, 6.07) is 30.5. The highest BCUT2D eigenvalue weighted by Gasteiger charge is 2.55. The fourth-order valence-electron chi connectivity index (χ4n) is 13.8. The van der Waals surface area contributed by atoms with Gasteiger partial charge in [-0.2, -0.15) is 20.5 Å². The van der Waals surface area contributed by atoms with Crippen LogP contribution in [0.4, 0.5) is 32.3 Å². The molecule has 0 bridgehead atoms. The minimum Gasteiger partial charge on any atom is -0.352 e. The Morgan fingerprint density at radius 1 is 0.566 bits per heavy atom. The molecule has 129 heavy (non-hydrogen) atoms. The second-order valence-corrected chi connectivity index (χ2v) is 36.5. The molecule has 11 aromatic rings. The highest BCUT2D eigenvalue weighted by atomic mass is 32.5. The van der Waals surface area contributed by atoms with E-state index < -0.39 is 164 Å². The molecule has 4 aliphatic heterocycles. The predicted octanol–water partition coefficient (Wildman–Crippen LogP) is 11.6. The first kappa shape index (κ1) is 97.2. The van der Waals surface area contributed by atoms with E-state index in [0.29, 0.717) is 57.7 Å². The lowest BCUT2D eigenvalue weighted by Gasteiger charge is -2.27. The fraction of sp³-hybridized carbons (Fsp3) is 0.416. The van der Waals surface area contributed by atoms with E-state index in [1.807, 2.05) is 56.3 Å². The van der Waals surface area contributed by atoms with Gasteiger partial charge in [-0.25, -0.2) is 38.7 Å². The number of ether oxygens (including phenoxy) is 4. The number of nitrogens with zero attached hydrogens (tertiary/aromatic N) is 15. The van der Waals surface area contributed by atoms with Crippen LogP contribution in [-0.2, 0) is 97.5 Å². The number of hydrogen-bond donors (Lipinski definition) is 9. The number of carbonyl (C=O) groups is 4. The quantitative estimate of drug-likeness (QED) is 0.0134. The average Bonchev–Trinajstić information content (AvgIpc) is 1.64. The van der Waals surface area contributed by atoms with Crippen molar-refractivity contribution in [3.05, 3.63) is 173 Å². The number of pyridine rings is 1. The molecular weight excluding hydrogens is 1810 g/mol. The summed E-state index contributed by atoms with van der Waals surface area (Å²) in [6.07, 6.45) is -4.39. The maximum atomic E-state index is 16.2. The lowest BCUT2D eigenvalue weighted by Crippen LogP contribution is -2.31. The van der Waals surface area contributed by atoms with Gasteiger partial charge in [0.2, 0.25) is 23.7 Å². The molecule has 11 N–H and O–H groups in total. The summed E-state index contributed by atoms with van der Waals surface area (Å²) in [5.41, 5.74) is -0.270. The van der Waals surface area contributed by atoms with Gasteiger partial charge in [0.25, 0.3) is 22.9 Å². The summed E-state index contributed by atoms with van der Waals surface area (Å²) >= 11 is 11.6. The van der Waals surface area contributed by atoms with Crippen LogP contribution in [0.2, 0.25) is 0 Å². The van der Waals surface area contributed by atoms with Crippen LogP contribution < -0.4 is 38.5 Å². The molecule has 4 aliphatic rings. The zero-order valence-corrected chi connectivity index (χ0v) is 74.6. The van der Waals surface area contributed by atoms with Gasteiger partial charge in [0.15, 0.2) is 59.3 Å². The van der Waals surface area contributed by atoms with Crippen LogP contribution in [0.5, 0.6) is 0 Å². The van der Waals surface area contributed by atoms with Crippen LogP contribution in [0.25, 0.3) is 44.4 Å². The van der Waals surface area contributed by atoms with Crippen molar-refractivity contribution in [2.45, 2.75) is 166 Å². The number of aromatic nitrogens is 15. The summed E-state index contributed by atoms with van der Waals surface area (Å²) in [6.45, 7) is 1.09. The monoisotopic (exact) mass is 1900 g/mol. The van der Waals surface area contributed by atoms with Crippen LogP contribution in [0.15, 0.2) is 151 Å². The third-order valence-electron chi connectivity index (χ3n) is 20.1. The molecule has 9 aromatic heterocycles. The largest absolute Gasteiger partial charge is 0.695 e. The van der Waals surface area contributed by atoms with Crippen molar-refractivity contribution < 1.29 is 105 Å². The number of nitriles is 2. The van der Waals surface area contributed by atoms with E-state index in [9.17, 15) is 58.2 Å². The van der Waals surface area contributed by atoms with E-state index in [1.54, 1.807) is 122 Å². The molecule has 0 spiro atoms. The molecule has 13 heterocycles. The molecule has 0 aliphatic carbocycles. The van der Waals surface area contributed by atoms with Crippen LogP contribution in [0.1, 0.15) is 129 Å². The summed E-state index contributed by atoms with van der Waals surface area (Å²) < 4.78 is 134. The highest BCUT2D eigenvalue weighted by molar-refractivity contribution is 8.07. The van der Waals surface area contributed by atoms with E-state index in [2.05, 4.69) is 76.1 Å². The number of amides is 4. The third-order valence-corrected chi connectivity index (χ3v) is 25.7. The second-order valence-electron chi connectivity index (χ2n) is 29.2. The van der Waals surface area contributed by atoms with Gasteiger partial charge in [-0.05, 0) is 85.0 Å². The minimum atomic E-state index is -3.83. The Balaban J connectivity index is 0.000000250. The highest BCUT2D eigenvalue weighted by Crippen LogP contribution is 2.57. The van der Waals surface area contributed by atoms with E-state index in [4.69, 9.17) is 78.8 Å². The van der Waals surface area contributed by atoms with Crippen molar-refractivity contribution in [2.24, 2.45) is 11.8 Å². The van der Waals surface area contributed by atoms with Gasteiger partial charge in [0.05, 0.1) is 99.3 Å². The second kappa shape index (κ2) is 44.2. The van der Waals surface area contributed by atoms with Gasteiger partial charge >= 0.3 is 29.9 Å². The standard InChI is InChI=1S/2C36H39FN10O11P2S.C5H5N.H3N.2H2/c2*1-4-22-23(15-25(55-22)46-13-11-21-29(39-17-40-30(21)46)42-33(49)20-9-6-5-7-10-20)58-60(61,53-14-8-12-38)54-16-24-26(37)28(57-59(51)52)35(56-24)47-18-41-27-31(47)43-36(45-34(27)50)44-32(48)19(2)3;1-2-4-6-5-3-1;;;/h2*5-7,9-11,13,17-19,22-26,28,35H,4,8,14-16H2,1-3H3,(H3-,39,40,42,43,44,45,48,49,50,51,52);1-5H;1H3;2*1H/p+2/t2*22-,23+,24-,25-,26-,28-,35-,60?;;;;/m11..../s1. The van der Waals surface area contributed by atoms with Crippen LogP contribution >= 0.6 is 29.9 Å². The van der Waals surface area contributed by atoms with Crippen LogP contribution in [0, 0.1) is 34.5 Å². The SMILES string of the molecule is CC[C@H]1O[C@@H](n2ccc3c(NC(=O)c4ccccc4)ncnc32)C[C@@H]1OP(=S)(OCCC#N)OC[C@H]1O[C@@H](n2cnc3c(=O)[nH]c(NC(=O)C(C)C)nc32)[C@H](O[P+](=O)O)[C@@H]1F.CC[C@H]1O[C@@H](n2ccc3c(NC(=O)c4ccccc4)ncnc32)C[C@@H]1OP(=S)(OCCC#N)OC[C@H]1O[C@@H](n2cnc3c(=O)[nH]c(NC(=O)C(C)C)nc32)[C@H](O[P+](=O)O)[C@@H]1F.N.[HH].[HH].c1ccncc1. The first-order valence-corrected chi connectivity index (χ1v) is 47.2. The van der Waals surface area contributed by atoms with Gasteiger partial charge in [-0.15, -0.1) is 18.8 Å². The molecule has 686 valence electrons. The van der Waals surface area contributed by atoms with Gasteiger partial charge in [-0.3, -0.25) is 63.5 Å². The Hall–Kier alpha value is -10.9. The molecule has 18 atom stereocenters. The normalized spacial score (nSPS) is 23.0. The van der Waals surface area contributed by atoms with Crippen molar-refractivity contribution in [1.82, 2.24) is 79.2 Å². The third kappa shape index (κ3) is 23.5. The Morgan fingerprint density at radius 2 is 0.961 bits per heavy atom. The lowest BCUT2D eigenvalue weighted by atomic mass is 10.1. The summed E-state index contributed by atoms with van der Waals surface area (Å²) in [4.78, 5) is 138. The van der Waals surface area contributed by atoms with Gasteiger partial charge in [0.1, 0.15) is 60.2 Å². The smallest absolute Gasteiger partial charge is 0.352 e. The van der Waals surface area contributed by atoms with E-state index in [1.165, 1.54) is 12.7 Å². The Morgan fingerprint density at radius 3 is 1.31 bits per heavy atom. The number of rotatable bonds is 34. The van der Waals surface area contributed by atoms with Crippen molar-refractivity contribution in [2.75, 3.05) is 47.7 Å². The van der Waals surface area contributed by atoms with Crippen molar-refractivity contribution in [1.29, 1.82) is 10.5 Å². The molecular formula is C77H92F2N22O22P4S2+2. The Labute approximate surface area is 746 Å². The van der Waals surface area contributed by atoms with E-state index in [0.717, 1.165) is 21.8 Å². The number of halogens is 2. The fourth-order valence-corrected chi connectivity index (χ4v) is 18.9. The molecule has 0 radical (unpaired) electrons. The zero-order chi connectivity index (χ0) is 91.1. The number of benzene rings is 2. The van der Waals surface area contributed by atoms with E-state index in [-0.39, 0.29) is 93.9 Å². The molecule has 4 amide bonds. The van der Waals surface area contributed by atoms with Crippen molar-refractivity contribution in [3.63, 3.8) is 0 Å². The number of imidazole rings is 2. The number of H-pyrrole nitrogens is 2. The number of fused-ring (bicyclic) bond motifs is 4. The Bertz CT molecular complexity index is 5780. The number of carbonyl (C=O) groups excluding carboxylic acids is 4. The maximum Gasteiger partial charge on any atom is 0.695 e. The van der Waals surface area contributed by atoms with Crippen LogP contribution in [-0.4, -0.2) is 194 Å². The van der Waals surface area contributed by atoms with Crippen molar-refractivity contribution in [3.8, 4) is 12.1 Å². The molecule has 4 saturated heterocycles. The lowest BCUT2D eigenvalue weighted by molar-refractivity contribution is -0.119. The summed E-state index contributed by atoms with van der Waals surface area (Å²) in [5, 5.41) is 30.2. The summed E-state index contributed by atoms with van der Waals surface area (Å²) in [5.74, 6) is -2.32. The van der Waals surface area contributed by atoms with Crippen LogP contribution in [0.3, 0.4) is 0 Å². The van der Waals surface area contributed by atoms with E-state index >= 15 is 8.78 Å². The molecule has 0 saturated carbocycles. The number of alkyl halides is 2. The first-order valence-electron chi connectivity index (χ1n) is 39.8. The number of anilines is 4. The van der Waals surface area contributed by atoms with Gasteiger partial charge in [-0.1, -0.05) is 84.0 Å². The number of aromatic amines is 2. The maximum absolute atomic E-state index is 16.2. The topological polar surface area (TPSA) is 586 Å². The van der Waals surface area contributed by atoms with Gasteiger partial charge in [0, 0.05) is 72.6 Å². The Kier molecular flexibility index (Phi) is 33.3. The average molecular weight is 1900 g/mol. The van der Waals surface area contributed by atoms with Crippen molar-refractivity contribution >= 4 is 145 Å². The minimum absolute atomic E-state index is 0. The number of nitrogens with one attached hydrogen (secondary N) is 6. The molecule has 15 rings (SSSR count). The molecule has 4 fully saturated rings. The molecule has 2 aromatic carbocycles.